The molecule has 16 heavy (non-hydrogen) atoms. The summed E-state index contributed by atoms with van der Waals surface area (Å²) < 4.78 is 14.1. The van der Waals surface area contributed by atoms with Crippen LogP contribution in [0.4, 0.5) is 4.39 Å². The van der Waals surface area contributed by atoms with Crippen LogP contribution in [0.1, 0.15) is 42.9 Å². The highest BCUT2D eigenvalue weighted by Gasteiger charge is 2.38. The predicted molar refractivity (Wildman–Crippen MR) is 69.8 cm³/mol. The molecule has 0 saturated heterocycles. The van der Waals surface area contributed by atoms with E-state index in [1.54, 1.807) is 6.07 Å². The Morgan fingerprint density at radius 2 is 2.06 bits per heavy atom. The average molecular weight is 285 g/mol. The van der Waals surface area contributed by atoms with E-state index in [-0.39, 0.29) is 11.2 Å². The minimum atomic E-state index is -0.0263. The summed E-state index contributed by atoms with van der Waals surface area (Å²) in [4.78, 5) is 0.539. The SMILES string of the molecule is Cc1cc(C)c(C2(C)CCC(Br)C2)c(F)c1. The lowest BCUT2D eigenvalue weighted by Crippen LogP contribution is -2.21. The van der Waals surface area contributed by atoms with Gasteiger partial charge in [-0.15, -0.1) is 0 Å². The van der Waals surface area contributed by atoms with Crippen molar-refractivity contribution in [3.63, 3.8) is 0 Å². The van der Waals surface area contributed by atoms with Gasteiger partial charge in [0.05, 0.1) is 0 Å². The minimum Gasteiger partial charge on any atom is -0.207 e. The second kappa shape index (κ2) is 4.14. The third-order valence-corrected chi connectivity index (χ3v) is 4.50. The van der Waals surface area contributed by atoms with Gasteiger partial charge in [0.15, 0.2) is 0 Å². The maximum absolute atomic E-state index is 14.1. The highest BCUT2D eigenvalue weighted by atomic mass is 79.9. The van der Waals surface area contributed by atoms with E-state index < -0.39 is 0 Å². The third kappa shape index (κ3) is 2.04. The molecule has 1 saturated carbocycles. The number of hydrogen-bond donors (Lipinski definition) is 0. The molecule has 2 unspecified atom stereocenters. The smallest absolute Gasteiger partial charge is 0.127 e. The minimum absolute atomic E-state index is 0.00995. The number of rotatable bonds is 1. The number of halogens is 2. The highest BCUT2D eigenvalue weighted by Crippen LogP contribution is 2.45. The molecule has 1 aromatic carbocycles. The van der Waals surface area contributed by atoms with Gasteiger partial charge in [-0.1, -0.05) is 28.9 Å². The number of hydrogen-bond acceptors (Lipinski definition) is 0. The fraction of sp³-hybridized carbons (Fsp3) is 0.571. The van der Waals surface area contributed by atoms with Crippen LogP contribution in [0.2, 0.25) is 0 Å². The van der Waals surface area contributed by atoms with Crippen molar-refractivity contribution < 1.29 is 4.39 Å². The van der Waals surface area contributed by atoms with E-state index in [1.807, 2.05) is 13.8 Å². The van der Waals surface area contributed by atoms with Gasteiger partial charge < -0.3 is 0 Å². The van der Waals surface area contributed by atoms with Crippen LogP contribution >= 0.6 is 15.9 Å². The van der Waals surface area contributed by atoms with Crippen molar-refractivity contribution in [3.05, 3.63) is 34.6 Å². The van der Waals surface area contributed by atoms with E-state index in [9.17, 15) is 4.39 Å². The lowest BCUT2D eigenvalue weighted by molar-refractivity contribution is 0.455. The first-order chi connectivity index (χ1) is 7.42. The topological polar surface area (TPSA) is 0 Å². The summed E-state index contributed by atoms with van der Waals surface area (Å²) in [7, 11) is 0. The molecular formula is C14H18BrF. The largest absolute Gasteiger partial charge is 0.207 e. The second-order valence-electron chi connectivity index (χ2n) is 5.34. The summed E-state index contributed by atoms with van der Waals surface area (Å²) in [6.45, 7) is 6.16. The summed E-state index contributed by atoms with van der Waals surface area (Å²) in [5, 5.41) is 0. The Morgan fingerprint density at radius 1 is 1.38 bits per heavy atom. The van der Waals surface area contributed by atoms with Crippen LogP contribution in [0.5, 0.6) is 0 Å². The summed E-state index contributed by atoms with van der Waals surface area (Å²) >= 11 is 3.65. The van der Waals surface area contributed by atoms with Gasteiger partial charge in [-0.05, 0) is 61.3 Å². The quantitative estimate of drug-likeness (QED) is 0.659. The van der Waals surface area contributed by atoms with Crippen LogP contribution < -0.4 is 0 Å². The van der Waals surface area contributed by atoms with Gasteiger partial charge in [-0.25, -0.2) is 4.39 Å². The van der Waals surface area contributed by atoms with E-state index in [2.05, 4.69) is 28.9 Å². The Morgan fingerprint density at radius 3 is 2.56 bits per heavy atom. The molecule has 2 rings (SSSR count). The van der Waals surface area contributed by atoms with E-state index in [0.29, 0.717) is 4.83 Å². The Hall–Kier alpha value is -0.370. The molecule has 1 aliphatic carbocycles. The molecule has 0 nitrogen and oxygen atoms in total. The molecule has 0 heterocycles. The monoisotopic (exact) mass is 284 g/mol. The van der Waals surface area contributed by atoms with Crippen LogP contribution in [-0.4, -0.2) is 4.83 Å². The van der Waals surface area contributed by atoms with E-state index in [1.165, 1.54) is 0 Å². The van der Waals surface area contributed by atoms with Gasteiger partial charge in [0.25, 0.3) is 0 Å². The fourth-order valence-electron chi connectivity index (χ4n) is 3.08. The van der Waals surface area contributed by atoms with Crippen LogP contribution in [-0.2, 0) is 5.41 Å². The van der Waals surface area contributed by atoms with Crippen LogP contribution in [0.3, 0.4) is 0 Å². The molecule has 1 aromatic rings. The molecule has 2 heteroatoms. The lowest BCUT2D eigenvalue weighted by Gasteiger charge is -2.27. The number of alkyl halides is 1. The maximum atomic E-state index is 14.1. The van der Waals surface area contributed by atoms with Crippen molar-refractivity contribution in [1.29, 1.82) is 0 Å². The summed E-state index contributed by atoms with van der Waals surface area (Å²) in [6, 6.07) is 3.75. The molecule has 0 amide bonds. The summed E-state index contributed by atoms with van der Waals surface area (Å²) in [5.74, 6) is -0.0263. The Kier molecular flexibility index (Phi) is 3.13. The van der Waals surface area contributed by atoms with E-state index >= 15 is 0 Å². The molecule has 88 valence electrons. The normalized spacial score (nSPS) is 29.7. The zero-order chi connectivity index (χ0) is 11.9. The second-order valence-corrected chi connectivity index (χ2v) is 6.63. The predicted octanol–water partition coefficient (Wildman–Crippen LogP) is 4.65. The average Bonchev–Trinajstić information content (AvgIpc) is 2.44. The van der Waals surface area contributed by atoms with Gasteiger partial charge in [0, 0.05) is 4.83 Å². The first-order valence-electron chi connectivity index (χ1n) is 5.84. The fourth-order valence-corrected chi connectivity index (χ4v) is 4.02. The summed E-state index contributed by atoms with van der Waals surface area (Å²) in [6.07, 6.45) is 3.25. The number of benzene rings is 1. The van der Waals surface area contributed by atoms with Gasteiger partial charge >= 0.3 is 0 Å². The molecule has 1 fully saturated rings. The van der Waals surface area contributed by atoms with Crippen molar-refractivity contribution in [1.82, 2.24) is 0 Å². The van der Waals surface area contributed by atoms with Crippen LogP contribution in [0.25, 0.3) is 0 Å². The van der Waals surface area contributed by atoms with Gasteiger partial charge in [-0.2, -0.15) is 0 Å². The van der Waals surface area contributed by atoms with Crippen molar-refractivity contribution in [2.45, 2.75) is 50.3 Å². The molecule has 0 spiro atoms. The molecule has 2 atom stereocenters. The molecule has 0 radical (unpaired) electrons. The zero-order valence-electron chi connectivity index (χ0n) is 10.1. The van der Waals surface area contributed by atoms with Crippen LogP contribution in [0.15, 0.2) is 12.1 Å². The molecule has 1 aliphatic rings. The maximum Gasteiger partial charge on any atom is 0.127 e. The Bertz CT molecular complexity index is 390. The van der Waals surface area contributed by atoms with E-state index in [0.717, 1.165) is 36.0 Å². The van der Waals surface area contributed by atoms with Crippen molar-refractivity contribution in [3.8, 4) is 0 Å². The third-order valence-electron chi connectivity index (χ3n) is 3.72. The standard InChI is InChI=1S/C14H18BrF/c1-9-6-10(2)13(12(16)7-9)14(3)5-4-11(15)8-14/h6-7,11H,4-5,8H2,1-3H3. The zero-order valence-corrected chi connectivity index (χ0v) is 11.7. The Labute approximate surface area is 105 Å². The van der Waals surface area contributed by atoms with Crippen LogP contribution in [0, 0.1) is 19.7 Å². The number of aryl methyl sites for hydroxylation is 2. The molecule has 0 aromatic heterocycles. The first-order valence-corrected chi connectivity index (χ1v) is 6.75. The summed E-state index contributed by atoms with van der Waals surface area (Å²) in [5.41, 5.74) is 3.05. The van der Waals surface area contributed by atoms with E-state index in [4.69, 9.17) is 0 Å². The van der Waals surface area contributed by atoms with Crippen molar-refractivity contribution in [2.24, 2.45) is 0 Å². The van der Waals surface area contributed by atoms with Crippen molar-refractivity contribution in [2.75, 3.05) is 0 Å². The van der Waals surface area contributed by atoms with Gasteiger partial charge in [0.1, 0.15) is 5.82 Å². The van der Waals surface area contributed by atoms with Gasteiger partial charge in [-0.3, -0.25) is 0 Å². The van der Waals surface area contributed by atoms with Gasteiger partial charge in [0.2, 0.25) is 0 Å². The molecule has 0 aliphatic heterocycles. The van der Waals surface area contributed by atoms with Crippen molar-refractivity contribution >= 4 is 15.9 Å². The lowest BCUT2D eigenvalue weighted by atomic mass is 9.78. The molecule has 0 N–H and O–H groups in total. The molecular weight excluding hydrogens is 267 g/mol. The first kappa shape index (κ1) is 12.1. The highest BCUT2D eigenvalue weighted by molar-refractivity contribution is 9.09. The molecule has 0 bridgehead atoms. The Balaban J connectivity index is 2.48.